The van der Waals surface area contributed by atoms with E-state index in [0.29, 0.717) is 5.56 Å². The first kappa shape index (κ1) is 31.5. The Hall–Kier alpha value is -3.44. The number of hydrogen-bond donors (Lipinski definition) is 7. The molecule has 15 nitrogen and oxygen atoms in total. The smallest absolute Gasteiger partial charge is 0.335 e. The first-order valence-electron chi connectivity index (χ1n) is 12.9. The van der Waals surface area contributed by atoms with E-state index in [4.69, 9.17) is 28.4 Å². The van der Waals surface area contributed by atoms with Crippen molar-refractivity contribution in [3.8, 4) is 17.2 Å². The number of aliphatic hydroxyl groups excluding tert-OH is 4. The molecule has 42 heavy (non-hydrogen) atoms. The zero-order chi connectivity index (χ0) is 30.9. The van der Waals surface area contributed by atoms with Gasteiger partial charge in [0.1, 0.15) is 31.0 Å². The van der Waals surface area contributed by atoms with E-state index in [-0.39, 0.29) is 29.2 Å². The molecule has 15 heteroatoms. The van der Waals surface area contributed by atoms with Crippen LogP contribution in [0.4, 0.5) is 0 Å². The number of fused-ring (bicyclic) bond motifs is 1. The highest BCUT2D eigenvalue weighted by Gasteiger charge is 2.59. The lowest BCUT2D eigenvalue weighted by molar-refractivity contribution is -0.346. The Morgan fingerprint density at radius 1 is 1.05 bits per heavy atom. The van der Waals surface area contributed by atoms with Gasteiger partial charge in [-0.1, -0.05) is 0 Å². The van der Waals surface area contributed by atoms with Crippen LogP contribution in [0.5, 0.6) is 17.2 Å². The van der Waals surface area contributed by atoms with Gasteiger partial charge >= 0.3 is 11.9 Å². The van der Waals surface area contributed by atoms with Gasteiger partial charge in [0.05, 0.1) is 43.7 Å². The van der Waals surface area contributed by atoms with Crippen molar-refractivity contribution in [2.45, 2.75) is 62.0 Å². The van der Waals surface area contributed by atoms with E-state index >= 15 is 0 Å². The summed E-state index contributed by atoms with van der Waals surface area (Å²) in [6, 6.07) is 2.89. The van der Waals surface area contributed by atoms with Crippen LogP contribution in [0, 0.1) is 11.8 Å². The van der Waals surface area contributed by atoms with Gasteiger partial charge in [-0.25, -0.2) is 9.59 Å². The Morgan fingerprint density at radius 3 is 2.29 bits per heavy atom. The molecule has 0 bridgehead atoms. The third-order valence-corrected chi connectivity index (χ3v) is 7.61. The van der Waals surface area contributed by atoms with Crippen molar-refractivity contribution in [2.24, 2.45) is 11.8 Å². The molecule has 7 N–H and O–H groups in total. The molecule has 232 valence electrons. The fraction of sp³-hybridized carbons (Fsp3) is 0.556. The lowest BCUT2D eigenvalue weighted by atomic mass is 9.81. The number of esters is 1. The van der Waals surface area contributed by atoms with Crippen LogP contribution < -0.4 is 9.47 Å². The van der Waals surface area contributed by atoms with Gasteiger partial charge in [0.2, 0.25) is 12.0 Å². The van der Waals surface area contributed by atoms with Crippen LogP contribution in [-0.2, 0) is 28.5 Å². The molecule has 1 saturated carbocycles. The molecule has 1 aromatic rings. The van der Waals surface area contributed by atoms with Crippen molar-refractivity contribution in [3.63, 3.8) is 0 Å². The van der Waals surface area contributed by atoms with E-state index < -0.39 is 79.1 Å². The first-order chi connectivity index (χ1) is 19.8. The van der Waals surface area contributed by atoms with Gasteiger partial charge in [-0.05, 0) is 30.7 Å². The number of aliphatic carboxylic acids is 1. The van der Waals surface area contributed by atoms with Gasteiger partial charge in [-0.3, -0.25) is 0 Å². The Kier molecular flexibility index (Phi) is 9.32. The number of aromatic hydroxyl groups is 1. The molecular weight excluding hydrogens is 564 g/mol. The summed E-state index contributed by atoms with van der Waals surface area (Å²) in [5.74, 6) is -4.39. The Labute approximate surface area is 239 Å². The second kappa shape index (κ2) is 12.4. The highest BCUT2D eigenvalue weighted by atomic mass is 16.8. The fourth-order valence-electron chi connectivity index (χ4n) is 5.47. The van der Waals surface area contributed by atoms with E-state index in [1.165, 1.54) is 39.4 Å². The number of ether oxygens (including phenoxy) is 6. The van der Waals surface area contributed by atoms with Crippen molar-refractivity contribution in [1.82, 2.24) is 0 Å². The standard InChI is InChI=1S/C27H34O15/c1-27(36)8-13(28)18-12(24(34)35)9-40-25(19(18)27)42-26-23(33)22(32)21(31)16(41-26)10-39-17(29)5-4-11-6-14(37-2)20(30)15(7-11)38-3/h4-7,9,13,16,18-19,21-23,25-26,28,30-33,36H,8,10H2,1-3H3,(H,34,35)/t13-,16+,18-,19+,21+,22-,23+,25-,26+,27+/m0/s1. The second-order valence-corrected chi connectivity index (χ2v) is 10.5. The van der Waals surface area contributed by atoms with Gasteiger partial charge < -0.3 is 64.2 Å². The molecule has 2 aliphatic heterocycles. The number of phenols is 1. The van der Waals surface area contributed by atoms with Gasteiger partial charge in [-0.2, -0.15) is 0 Å². The maximum absolute atomic E-state index is 12.4. The average molecular weight is 599 g/mol. The van der Waals surface area contributed by atoms with Crippen molar-refractivity contribution >= 4 is 18.0 Å². The summed E-state index contributed by atoms with van der Waals surface area (Å²) in [5.41, 5.74) is -1.47. The van der Waals surface area contributed by atoms with E-state index in [2.05, 4.69) is 0 Å². The minimum Gasteiger partial charge on any atom is -0.502 e. The van der Waals surface area contributed by atoms with E-state index in [1.807, 2.05) is 0 Å². The number of hydrogen-bond acceptors (Lipinski definition) is 14. The predicted octanol–water partition coefficient (Wildman–Crippen LogP) is -1.14. The summed E-state index contributed by atoms with van der Waals surface area (Å²) in [6.45, 7) is 0.801. The molecule has 2 heterocycles. The Balaban J connectivity index is 1.43. The van der Waals surface area contributed by atoms with Gasteiger partial charge in [-0.15, -0.1) is 0 Å². The maximum atomic E-state index is 12.4. The van der Waals surface area contributed by atoms with Crippen molar-refractivity contribution in [2.75, 3.05) is 20.8 Å². The molecule has 0 spiro atoms. The largest absolute Gasteiger partial charge is 0.502 e. The van der Waals surface area contributed by atoms with Crippen LogP contribution in [0.15, 0.2) is 30.0 Å². The summed E-state index contributed by atoms with van der Waals surface area (Å²) in [4.78, 5) is 24.0. The number of carboxylic acids is 1. The normalized spacial score (nSPS) is 36.1. The zero-order valence-corrected chi connectivity index (χ0v) is 22.9. The highest BCUT2D eigenvalue weighted by Crippen LogP contribution is 2.49. The average Bonchev–Trinajstić information content (AvgIpc) is 3.20. The van der Waals surface area contributed by atoms with Crippen LogP contribution in [0.2, 0.25) is 0 Å². The van der Waals surface area contributed by atoms with Crippen LogP contribution in [0.25, 0.3) is 6.08 Å². The topological polar surface area (TPSA) is 231 Å². The SMILES string of the molecule is COc1cc(C=CC(=O)OC[C@H]2O[C@H](O[C@@H]3OC=C(C(=O)O)[C@@H]4[C@H]3[C@](C)(O)C[C@@H]4O)[C@H](O)[C@@H](O)[C@@H]2O)cc(OC)c1O. The lowest BCUT2D eigenvalue weighted by Gasteiger charge is -2.44. The monoisotopic (exact) mass is 598 g/mol. The molecule has 0 amide bonds. The van der Waals surface area contributed by atoms with Crippen molar-refractivity contribution in [3.05, 3.63) is 35.6 Å². The van der Waals surface area contributed by atoms with Gasteiger partial charge in [0.15, 0.2) is 17.8 Å². The number of phenolic OH excluding ortho intramolecular Hbond substituents is 1. The number of methoxy groups -OCH3 is 2. The quantitative estimate of drug-likeness (QED) is 0.132. The number of benzene rings is 1. The third-order valence-electron chi connectivity index (χ3n) is 7.61. The fourth-order valence-corrected chi connectivity index (χ4v) is 5.47. The Bertz CT molecular complexity index is 1200. The number of aliphatic hydroxyl groups is 5. The number of carbonyl (C=O) groups excluding carboxylic acids is 1. The summed E-state index contributed by atoms with van der Waals surface area (Å²) in [5, 5.41) is 72.3. The van der Waals surface area contributed by atoms with Crippen molar-refractivity contribution < 1.29 is 73.8 Å². The molecule has 10 atom stereocenters. The van der Waals surface area contributed by atoms with Crippen LogP contribution in [0.1, 0.15) is 18.9 Å². The molecule has 0 radical (unpaired) electrons. The summed E-state index contributed by atoms with van der Waals surface area (Å²) in [7, 11) is 2.69. The molecule has 0 unspecified atom stereocenters. The van der Waals surface area contributed by atoms with E-state index in [9.17, 15) is 45.3 Å². The molecular formula is C27H34O15. The molecule has 1 aromatic carbocycles. The summed E-state index contributed by atoms with van der Waals surface area (Å²) in [6.07, 6.45) is -7.90. The summed E-state index contributed by atoms with van der Waals surface area (Å²) < 4.78 is 32.0. The van der Waals surface area contributed by atoms with Gasteiger partial charge in [0.25, 0.3) is 0 Å². The van der Waals surface area contributed by atoms with Crippen molar-refractivity contribution in [1.29, 1.82) is 0 Å². The molecule has 1 aliphatic carbocycles. The third kappa shape index (κ3) is 6.17. The number of carboxylic acid groups (broad SMARTS) is 1. The van der Waals surface area contributed by atoms with Crippen LogP contribution >= 0.6 is 0 Å². The van der Waals surface area contributed by atoms with E-state index in [0.717, 1.165) is 12.3 Å². The van der Waals surface area contributed by atoms with E-state index in [1.54, 1.807) is 0 Å². The minimum absolute atomic E-state index is 0.108. The molecule has 1 saturated heterocycles. The summed E-state index contributed by atoms with van der Waals surface area (Å²) >= 11 is 0. The first-order valence-corrected chi connectivity index (χ1v) is 12.9. The van der Waals surface area contributed by atoms with Crippen LogP contribution in [-0.4, -0.2) is 117 Å². The predicted molar refractivity (Wildman–Crippen MR) is 138 cm³/mol. The maximum Gasteiger partial charge on any atom is 0.335 e. The molecule has 2 fully saturated rings. The van der Waals surface area contributed by atoms with Crippen LogP contribution in [0.3, 0.4) is 0 Å². The molecule has 0 aromatic heterocycles. The Morgan fingerprint density at radius 2 is 1.69 bits per heavy atom. The number of rotatable bonds is 9. The second-order valence-electron chi connectivity index (χ2n) is 10.5. The zero-order valence-electron chi connectivity index (χ0n) is 22.9. The minimum atomic E-state index is -1.81. The highest BCUT2D eigenvalue weighted by molar-refractivity contribution is 5.88. The number of carbonyl (C=O) groups is 2. The van der Waals surface area contributed by atoms with Gasteiger partial charge in [0, 0.05) is 18.4 Å². The lowest BCUT2D eigenvalue weighted by Crippen LogP contribution is -2.61. The molecule has 4 rings (SSSR count). The molecule has 3 aliphatic rings.